The molecule has 0 saturated carbocycles. The Kier molecular flexibility index (Phi) is 4.57. The summed E-state index contributed by atoms with van der Waals surface area (Å²) in [5, 5.41) is 15.0. The summed E-state index contributed by atoms with van der Waals surface area (Å²) in [4.78, 5) is 31.2. The summed E-state index contributed by atoms with van der Waals surface area (Å²) < 4.78 is 3.83. The number of oxime groups is 1. The molecule has 0 fully saturated rings. The summed E-state index contributed by atoms with van der Waals surface area (Å²) in [7, 11) is 1.22. The standard InChI is InChI=1S/C12H10N4O4S/c1-20-15-8(11(18)19)9-13-12(21-16-9)14-10(17)7-5-3-2-4-6-7/h2-6H,1H3,(H,18,19)(H,13,14,16,17). The van der Waals surface area contributed by atoms with Crippen molar-refractivity contribution < 1.29 is 19.5 Å². The Bertz CT molecular complexity index is 684. The van der Waals surface area contributed by atoms with E-state index in [4.69, 9.17) is 5.11 Å². The van der Waals surface area contributed by atoms with Crippen LogP contribution in [-0.4, -0.2) is 39.2 Å². The van der Waals surface area contributed by atoms with Crippen molar-refractivity contribution in [1.29, 1.82) is 0 Å². The molecule has 1 amide bonds. The van der Waals surface area contributed by atoms with Gasteiger partial charge in [0, 0.05) is 17.1 Å². The molecule has 8 nitrogen and oxygen atoms in total. The number of aliphatic carboxylic acids is 1. The first-order chi connectivity index (χ1) is 10.1. The first kappa shape index (κ1) is 14.6. The average Bonchev–Trinajstić information content (AvgIpc) is 2.93. The maximum Gasteiger partial charge on any atom is 0.362 e. The van der Waals surface area contributed by atoms with Crippen LogP contribution in [0.25, 0.3) is 0 Å². The number of carbonyl (C=O) groups is 2. The smallest absolute Gasteiger partial charge is 0.362 e. The number of carboxylic acid groups (broad SMARTS) is 1. The quantitative estimate of drug-likeness (QED) is 0.634. The van der Waals surface area contributed by atoms with Gasteiger partial charge in [0.15, 0.2) is 0 Å². The van der Waals surface area contributed by atoms with Crippen molar-refractivity contribution in [2.24, 2.45) is 5.16 Å². The highest BCUT2D eigenvalue weighted by atomic mass is 32.1. The van der Waals surface area contributed by atoms with Crippen molar-refractivity contribution in [2.45, 2.75) is 0 Å². The number of carbonyl (C=O) groups excluding carboxylic acids is 1. The topological polar surface area (TPSA) is 114 Å². The van der Waals surface area contributed by atoms with Crippen LogP contribution in [0.3, 0.4) is 0 Å². The number of hydrogen-bond donors (Lipinski definition) is 2. The molecule has 0 spiro atoms. The lowest BCUT2D eigenvalue weighted by atomic mass is 10.2. The molecular formula is C12H10N4O4S. The fourth-order valence-electron chi connectivity index (χ4n) is 1.40. The maximum absolute atomic E-state index is 11.9. The highest BCUT2D eigenvalue weighted by Crippen LogP contribution is 2.13. The van der Waals surface area contributed by atoms with Gasteiger partial charge in [-0.15, -0.1) is 0 Å². The zero-order chi connectivity index (χ0) is 15.2. The molecule has 2 N–H and O–H groups in total. The van der Waals surface area contributed by atoms with E-state index < -0.39 is 11.7 Å². The summed E-state index contributed by atoms with van der Waals surface area (Å²) in [5.74, 6) is -1.81. The normalized spacial score (nSPS) is 11.0. The van der Waals surface area contributed by atoms with E-state index in [2.05, 4.69) is 24.7 Å². The van der Waals surface area contributed by atoms with E-state index in [0.717, 1.165) is 11.5 Å². The first-order valence-electron chi connectivity index (χ1n) is 5.66. The molecule has 108 valence electrons. The summed E-state index contributed by atoms with van der Waals surface area (Å²) in [6, 6.07) is 8.54. The number of aromatic nitrogens is 2. The van der Waals surface area contributed by atoms with Gasteiger partial charge in [0.05, 0.1) is 0 Å². The number of nitrogens with zero attached hydrogens (tertiary/aromatic N) is 3. The Hall–Kier alpha value is -2.81. The number of benzene rings is 1. The number of amides is 1. The lowest BCUT2D eigenvalue weighted by Crippen LogP contribution is -2.17. The van der Waals surface area contributed by atoms with Gasteiger partial charge >= 0.3 is 5.97 Å². The van der Waals surface area contributed by atoms with E-state index in [1.807, 2.05) is 0 Å². The van der Waals surface area contributed by atoms with Gasteiger partial charge < -0.3 is 9.94 Å². The second-order valence-electron chi connectivity index (χ2n) is 3.67. The van der Waals surface area contributed by atoms with Crippen LogP contribution >= 0.6 is 11.5 Å². The van der Waals surface area contributed by atoms with Gasteiger partial charge in [-0.05, 0) is 12.1 Å². The van der Waals surface area contributed by atoms with E-state index in [-0.39, 0.29) is 16.9 Å². The van der Waals surface area contributed by atoms with Gasteiger partial charge in [0.1, 0.15) is 7.11 Å². The molecule has 0 aliphatic heterocycles. The van der Waals surface area contributed by atoms with E-state index in [1.165, 1.54) is 7.11 Å². The van der Waals surface area contributed by atoms with Crippen LogP contribution in [0.15, 0.2) is 35.5 Å². The molecule has 1 aromatic carbocycles. The van der Waals surface area contributed by atoms with Crippen LogP contribution in [0, 0.1) is 0 Å². The minimum absolute atomic E-state index is 0.127. The molecule has 1 heterocycles. The summed E-state index contributed by atoms with van der Waals surface area (Å²) in [6.07, 6.45) is 0. The van der Waals surface area contributed by atoms with Gasteiger partial charge in [0.25, 0.3) is 5.91 Å². The zero-order valence-electron chi connectivity index (χ0n) is 10.8. The lowest BCUT2D eigenvalue weighted by Gasteiger charge is -1.99. The third-order valence-corrected chi connectivity index (χ3v) is 2.91. The van der Waals surface area contributed by atoms with Crippen LogP contribution in [0.2, 0.25) is 0 Å². The number of rotatable bonds is 5. The van der Waals surface area contributed by atoms with Crippen LogP contribution < -0.4 is 5.32 Å². The van der Waals surface area contributed by atoms with Gasteiger partial charge in [-0.1, -0.05) is 23.4 Å². The summed E-state index contributed by atoms with van der Waals surface area (Å²) in [6.45, 7) is 0. The minimum Gasteiger partial charge on any atom is -0.476 e. The molecule has 0 aliphatic rings. The SMILES string of the molecule is CON=C(C(=O)O)c1nsc(NC(=O)c2ccccc2)n1. The average molecular weight is 306 g/mol. The molecule has 0 bridgehead atoms. The molecule has 0 saturated heterocycles. The van der Waals surface area contributed by atoms with Crippen LogP contribution in [0.5, 0.6) is 0 Å². The van der Waals surface area contributed by atoms with Crippen molar-refractivity contribution in [3.8, 4) is 0 Å². The predicted molar refractivity (Wildman–Crippen MR) is 75.5 cm³/mol. The molecule has 0 unspecified atom stereocenters. The Morgan fingerprint density at radius 1 is 1.33 bits per heavy atom. The number of anilines is 1. The Morgan fingerprint density at radius 2 is 2.05 bits per heavy atom. The zero-order valence-corrected chi connectivity index (χ0v) is 11.6. The lowest BCUT2D eigenvalue weighted by molar-refractivity contribution is -0.129. The van der Waals surface area contributed by atoms with Gasteiger partial charge in [-0.3, -0.25) is 10.1 Å². The van der Waals surface area contributed by atoms with Crippen LogP contribution in [0.1, 0.15) is 16.2 Å². The van der Waals surface area contributed by atoms with E-state index in [1.54, 1.807) is 30.3 Å². The maximum atomic E-state index is 11.9. The minimum atomic E-state index is -1.32. The van der Waals surface area contributed by atoms with Crippen LogP contribution in [-0.2, 0) is 9.63 Å². The molecule has 0 atom stereocenters. The first-order valence-corrected chi connectivity index (χ1v) is 6.44. The van der Waals surface area contributed by atoms with Crippen molar-refractivity contribution >= 4 is 34.3 Å². The Balaban J connectivity index is 2.15. The third kappa shape index (κ3) is 3.60. The largest absolute Gasteiger partial charge is 0.476 e. The highest BCUT2D eigenvalue weighted by Gasteiger charge is 2.20. The predicted octanol–water partition coefficient (Wildman–Crippen LogP) is 1.23. The summed E-state index contributed by atoms with van der Waals surface area (Å²) >= 11 is 0.851. The molecule has 0 radical (unpaired) electrons. The molecule has 2 aromatic rings. The molecule has 2 rings (SSSR count). The van der Waals surface area contributed by atoms with Crippen molar-refractivity contribution in [1.82, 2.24) is 9.36 Å². The number of nitrogens with one attached hydrogen (secondary N) is 1. The molecular weight excluding hydrogens is 296 g/mol. The second-order valence-corrected chi connectivity index (χ2v) is 4.42. The second kappa shape index (κ2) is 6.57. The van der Waals surface area contributed by atoms with Crippen molar-refractivity contribution in [3.63, 3.8) is 0 Å². The third-order valence-electron chi connectivity index (χ3n) is 2.28. The molecule has 0 aliphatic carbocycles. The fraction of sp³-hybridized carbons (Fsp3) is 0.0833. The molecule has 9 heteroatoms. The number of carboxylic acids is 1. The van der Waals surface area contributed by atoms with Crippen molar-refractivity contribution in [3.05, 3.63) is 41.7 Å². The summed E-state index contributed by atoms with van der Waals surface area (Å²) in [5.41, 5.74) is 0.0206. The van der Waals surface area contributed by atoms with E-state index in [0.29, 0.717) is 5.56 Å². The van der Waals surface area contributed by atoms with Crippen LogP contribution in [0.4, 0.5) is 5.13 Å². The van der Waals surface area contributed by atoms with E-state index in [9.17, 15) is 9.59 Å². The van der Waals surface area contributed by atoms with Crippen molar-refractivity contribution in [2.75, 3.05) is 12.4 Å². The van der Waals surface area contributed by atoms with Gasteiger partial charge in [-0.25, -0.2) is 4.79 Å². The highest BCUT2D eigenvalue weighted by molar-refractivity contribution is 7.10. The molecule has 21 heavy (non-hydrogen) atoms. The van der Waals surface area contributed by atoms with Gasteiger partial charge in [-0.2, -0.15) is 9.36 Å². The number of hydrogen-bond acceptors (Lipinski definition) is 7. The van der Waals surface area contributed by atoms with Gasteiger partial charge in [0.2, 0.25) is 16.7 Å². The monoisotopic (exact) mass is 306 g/mol. The Labute approximate surface area is 123 Å². The fourth-order valence-corrected chi connectivity index (χ4v) is 1.96. The van der Waals surface area contributed by atoms with E-state index >= 15 is 0 Å². The molecule has 1 aromatic heterocycles. The Morgan fingerprint density at radius 3 is 2.67 bits per heavy atom.